The Kier molecular flexibility index (Phi) is 10.0. The number of rotatable bonds is 12. The predicted octanol–water partition coefficient (Wildman–Crippen LogP) is 4.17. The number of carbonyl (C=O) groups is 3. The van der Waals surface area contributed by atoms with Gasteiger partial charge in [0.05, 0.1) is 0 Å². The topological polar surface area (TPSA) is 95.5 Å². The van der Waals surface area contributed by atoms with Gasteiger partial charge >= 0.3 is 5.97 Å². The van der Waals surface area contributed by atoms with Crippen molar-refractivity contribution in [1.82, 2.24) is 10.6 Å². The van der Waals surface area contributed by atoms with E-state index in [9.17, 15) is 14.4 Å². The van der Waals surface area contributed by atoms with Gasteiger partial charge in [-0.2, -0.15) is 0 Å². The van der Waals surface area contributed by atoms with Crippen molar-refractivity contribution in [2.24, 2.45) is 0 Å². The molecule has 1 unspecified atom stereocenters. The van der Waals surface area contributed by atoms with Crippen molar-refractivity contribution in [3.63, 3.8) is 0 Å². The summed E-state index contributed by atoms with van der Waals surface area (Å²) in [5.74, 6) is -1.56. The third kappa shape index (κ3) is 8.86. The molecule has 2 rings (SSSR count). The Labute approximate surface area is 183 Å². The molecule has 6 nitrogen and oxygen atoms in total. The van der Waals surface area contributed by atoms with E-state index in [0.29, 0.717) is 24.1 Å². The quantitative estimate of drug-likeness (QED) is 0.353. The summed E-state index contributed by atoms with van der Waals surface area (Å²) in [7, 11) is 0. The normalized spacial score (nSPS) is 11.8. The molecule has 1 atom stereocenters. The fraction of sp³-hybridized carbons (Fsp3) is 0.320. The summed E-state index contributed by atoms with van der Waals surface area (Å²) in [6, 6.07) is 15.6. The van der Waals surface area contributed by atoms with Crippen LogP contribution >= 0.6 is 0 Å². The van der Waals surface area contributed by atoms with Gasteiger partial charge in [0.1, 0.15) is 6.04 Å². The van der Waals surface area contributed by atoms with Crippen LogP contribution in [0.4, 0.5) is 0 Å². The number of carboxylic acids is 1. The number of hydrogen-bond acceptors (Lipinski definition) is 3. The largest absolute Gasteiger partial charge is 0.478 e. The third-order valence-corrected chi connectivity index (χ3v) is 4.87. The number of aliphatic carboxylic acids is 1. The van der Waals surface area contributed by atoms with Gasteiger partial charge < -0.3 is 15.7 Å². The lowest BCUT2D eigenvalue weighted by atomic mass is 10.0. The van der Waals surface area contributed by atoms with Gasteiger partial charge in [0, 0.05) is 18.2 Å². The molecule has 2 amide bonds. The summed E-state index contributed by atoms with van der Waals surface area (Å²) in [6.07, 6.45) is 7.13. The Morgan fingerprint density at radius 3 is 2.32 bits per heavy atom. The van der Waals surface area contributed by atoms with Gasteiger partial charge in [-0.15, -0.1) is 0 Å². The number of unbranched alkanes of at least 4 members (excludes halogenated alkanes) is 3. The van der Waals surface area contributed by atoms with E-state index in [-0.39, 0.29) is 11.8 Å². The molecule has 0 saturated heterocycles. The van der Waals surface area contributed by atoms with Crippen LogP contribution in [0.3, 0.4) is 0 Å². The SMILES string of the molecule is CCCCCCC(NC(=O)c1ccc(/C=C/C(=O)O)cc1)C(=O)NCc1ccccc1. The van der Waals surface area contributed by atoms with E-state index in [1.165, 1.54) is 6.08 Å². The first-order valence-electron chi connectivity index (χ1n) is 10.6. The van der Waals surface area contributed by atoms with Crippen LogP contribution in [0.2, 0.25) is 0 Å². The Balaban J connectivity index is 2.00. The molecule has 0 aliphatic carbocycles. The fourth-order valence-corrected chi connectivity index (χ4v) is 3.11. The minimum atomic E-state index is -1.03. The number of carbonyl (C=O) groups excluding carboxylic acids is 2. The van der Waals surface area contributed by atoms with Gasteiger partial charge in [0.15, 0.2) is 0 Å². The molecule has 0 heterocycles. The van der Waals surface area contributed by atoms with Gasteiger partial charge in [-0.3, -0.25) is 9.59 Å². The predicted molar refractivity (Wildman–Crippen MR) is 121 cm³/mol. The highest BCUT2D eigenvalue weighted by Gasteiger charge is 2.21. The number of carboxylic acid groups (broad SMARTS) is 1. The van der Waals surface area contributed by atoms with Crippen LogP contribution in [0.15, 0.2) is 60.7 Å². The summed E-state index contributed by atoms with van der Waals surface area (Å²) in [6.45, 7) is 2.53. The molecule has 0 aliphatic rings. The second-order valence-corrected chi connectivity index (χ2v) is 7.37. The van der Waals surface area contributed by atoms with Crippen molar-refractivity contribution >= 4 is 23.9 Å². The number of benzene rings is 2. The van der Waals surface area contributed by atoms with E-state index in [2.05, 4.69) is 17.6 Å². The molecular weight excluding hydrogens is 392 g/mol. The monoisotopic (exact) mass is 422 g/mol. The van der Waals surface area contributed by atoms with E-state index in [1.807, 2.05) is 30.3 Å². The van der Waals surface area contributed by atoms with E-state index in [1.54, 1.807) is 24.3 Å². The van der Waals surface area contributed by atoms with Crippen molar-refractivity contribution in [3.8, 4) is 0 Å². The third-order valence-electron chi connectivity index (χ3n) is 4.87. The Morgan fingerprint density at radius 2 is 1.68 bits per heavy atom. The van der Waals surface area contributed by atoms with E-state index < -0.39 is 12.0 Å². The highest BCUT2D eigenvalue weighted by atomic mass is 16.4. The molecule has 0 radical (unpaired) electrons. The smallest absolute Gasteiger partial charge is 0.328 e. The minimum absolute atomic E-state index is 0.199. The lowest BCUT2D eigenvalue weighted by Crippen LogP contribution is -2.46. The molecular formula is C25H30N2O4. The highest BCUT2D eigenvalue weighted by Crippen LogP contribution is 2.10. The van der Waals surface area contributed by atoms with Gasteiger partial charge in [-0.05, 0) is 35.8 Å². The number of nitrogens with one attached hydrogen (secondary N) is 2. The molecule has 2 aromatic carbocycles. The lowest BCUT2D eigenvalue weighted by molar-refractivity contribution is -0.131. The van der Waals surface area contributed by atoms with Crippen LogP contribution < -0.4 is 10.6 Å². The Morgan fingerprint density at radius 1 is 0.968 bits per heavy atom. The zero-order valence-corrected chi connectivity index (χ0v) is 17.8. The molecule has 0 spiro atoms. The maximum Gasteiger partial charge on any atom is 0.328 e. The van der Waals surface area contributed by atoms with Crippen LogP contribution in [0, 0.1) is 0 Å². The van der Waals surface area contributed by atoms with E-state index in [4.69, 9.17) is 5.11 Å². The second kappa shape index (κ2) is 13.0. The molecule has 0 saturated carbocycles. The summed E-state index contributed by atoms with van der Waals surface area (Å²) in [4.78, 5) is 36.1. The van der Waals surface area contributed by atoms with Gasteiger partial charge in [-0.25, -0.2) is 4.79 Å². The summed E-state index contributed by atoms with van der Waals surface area (Å²) in [5, 5.41) is 14.5. The standard InChI is InChI=1S/C25H30N2O4/c1-2-3-4-8-11-22(25(31)26-18-20-9-6-5-7-10-20)27-24(30)21-15-12-19(13-16-21)14-17-23(28)29/h5-7,9-10,12-17,22H,2-4,8,11,18H2,1H3,(H,26,31)(H,27,30)(H,28,29)/b17-14+. The van der Waals surface area contributed by atoms with Crippen LogP contribution in [-0.4, -0.2) is 28.9 Å². The zero-order chi connectivity index (χ0) is 22.5. The average molecular weight is 423 g/mol. The van der Waals surface area contributed by atoms with Gasteiger partial charge in [0.25, 0.3) is 5.91 Å². The average Bonchev–Trinajstić information content (AvgIpc) is 2.79. The summed E-state index contributed by atoms with van der Waals surface area (Å²) >= 11 is 0. The van der Waals surface area contributed by atoms with Crippen molar-refractivity contribution in [3.05, 3.63) is 77.4 Å². The molecule has 0 aliphatic heterocycles. The molecule has 3 N–H and O–H groups in total. The minimum Gasteiger partial charge on any atom is -0.478 e. The Bertz CT molecular complexity index is 876. The highest BCUT2D eigenvalue weighted by molar-refractivity contribution is 5.97. The van der Waals surface area contributed by atoms with Crippen molar-refractivity contribution in [1.29, 1.82) is 0 Å². The molecule has 0 fully saturated rings. The Hall–Kier alpha value is -3.41. The fourth-order valence-electron chi connectivity index (χ4n) is 3.11. The first-order valence-corrected chi connectivity index (χ1v) is 10.6. The maximum absolute atomic E-state index is 12.8. The van der Waals surface area contributed by atoms with Crippen LogP contribution in [0.1, 0.15) is 60.5 Å². The molecule has 0 bridgehead atoms. The summed E-state index contributed by atoms with van der Waals surface area (Å²) < 4.78 is 0. The van der Waals surface area contributed by atoms with Crippen LogP contribution in [0.5, 0.6) is 0 Å². The van der Waals surface area contributed by atoms with E-state index >= 15 is 0 Å². The number of amides is 2. The molecule has 0 aromatic heterocycles. The van der Waals surface area contributed by atoms with E-state index in [0.717, 1.165) is 37.3 Å². The van der Waals surface area contributed by atoms with Crippen molar-refractivity contribution in [2.75, 3.05) is 0 Å². The van der Waals surface area contributed by atoms with Crippen molar-refractivity contribution < 1.29 is 19.5 Å². The van der Waals surface area contributed by atoms with Crippen LogP contribution in [0.25, 0.3) is 6.08 Å². The van der Waals surface area contributed by atoms with Crippen molar-refractivity contribution in [2.45, 2.75) is 51.6 Å². The molecule has 164 valence electrons. The zero-order valence-electron chi connectivity index (χ0n) is 17.8. The molecule has 6 heteroatoms. The molecule has 31 heavy (non-hydrogen) atoms. The summed E-state index contributed by atoms with van der Waals surface area (Å²) in [5.41, 5.74) is 2.09. The first-order chi connectivity index (χ1) is 15.0. The maximum atomic E-state index is 12.8. The second-order valence-electron chi connectivity index (χ2n) is 7.37. The van der Waals surface area contributed by atoms with Gasteiger partial charge in [0.2, 0.25) is 5.91 Å². The number of hydrogen-bond donors (Lipinski definition) is 3. The lowest BCUT2D eigenvalue weighted by Gasteiger charge is -2.19. The first kappa shape index (κ1) is 23.9. The van der Waals surface area contributed by atoms with Crippen LogP contribution in [-0.2, 0) is 16.1 Å². The van der Waals surface area contributed by atoms with Gasteiger partial charge in [-0.1, -0.05) is 75.1 Å². The molecule has 2 aromatic rings.